The van der Waals surface area contributed by atoms with E-state index in [4.69, 9.17) is 9.84 Å². The van der Waals surface area contributed by atoms with Gasteiger partial charge in [0.15, 0.2) is 15.9 Å². The molecule has 0 aliphatic rings. The zero-order chi connectivity index (χ0) is 18.3. The fraction of sp³-hybridized carbons (Fsp3) is 0.375. The molecule has 0 fully saturated rings. The number of hydrogen-bond acceptors (Lipinski definition) is 5. The highest BCUT2D eigenvalue weighted by atomic mass is 32.2. The van der Waals surface area contributed by atoms with Gasteiger partial charge in [0.2, 0.25) is 0 Å². The van der Waals surface area contributed by atoms with Gasteiger partial charge < -0.3 is 15.2 Å². The molecule has 0 radical (unpaired) electrons. The first-order valence-electron chi connectivity index (χ1n) is 7.26. The van der Waals surface area contributed by atoms with Crippen LogP contribution in [0.15, 0.2) is 35.7 Å². The Hall–Kier alpha value is -2.19. The zero-order valence-corrected chi connectivity index (χ0v) is 14.4. The Bertz CT molecular complexity index is 726. The van der Waals surface area contributed by atoms with Crippen LogP contribution in [-0.4, -0.2) is 50.9 Å². The molecule has 7 nitrogen and oxygen atoms in total. The average Bonchev–Trinajstić information content (AvgIpc) is 2.52. The quantitative estimate of drug-likeness (QED) is 0.506. The second-order valence-corrected chi connectivity index (χ2v) is 7.15. The highest BCUT2D eigenvalue weighted by molar-refractivity contribution is 7.90. The second kappa shape index (κ2) is 8.60. The van der Waals surface area contributed by atoms with Crippen molar-refractivity contribution in [1.29, 1.82) is 0 Å². The van der Waals surface area contributed by atoms with Gasteiger partial charge in [-0.25, -0.2) is 13.2 Å². The Balaban J connectivity index is 3.07. The number of carbonyl (C=O) groups excluding carboxylic acids is 1. The number of carboxylic acids is 1. The molecule has 132 valence electrons. The Morgan fingerprint density at radius 3 is 2.58 bits per heavy atom. The lowest BCUT2D eigenvalue weighted by atomic mass is 10.0. The molecule has 1 aromatic rings. The molecule has 1 amide bonds. The summed E-state index contributed by atoms with van der Waals surface area (Å²) in [5.41, 5.74) is 0.756. The van der Waals surface area contributed by atoms with Crippen LogP contribution in [0.5, 0.6) is 0 Å². The molecule has 1 unspecified atom stereocenters. The van der Waals surface area contributed by atoms with Gasteiger partial charge >= 0.3 is 5.97 Å². The van der Waals surface area contributed by atoms with Crippen molar-refractivity contribution in [3.05, 3.63) is 42.0 Å². The van der Waals surface area contributed by atoms with Gasteiger partial charge in [-0.05, 0) is 24.1 Å². The molecular weight excluding hydrogens is 334 g/mol. The smallest absolute Gasteiger partial charge is 0.328 e. The lowest BCUT2D eigenvalue weighted by Gasteiger charge is -2.16. The fourth-order valence-corrected chi connectivity index (χ4v) is 2.63. The molecule has 0 heterocycles. The number of carbonyl (C=O) groups is 2. The highest BCUT2D eigenvalue weighted by Gasteiger charge is 2.23. The zero-order valence-electron chi connectivity index (χ0n) is 13.6. The van der Waals surface area contributed by atoms with Gasteiger partial charge in [0.05, 0.1) is 18.1 Å². The second-order valence-electron chi connectivity index (χ2n) is 5.14. The standard InChI is InChI=1S/C16H21NO6S/c1-4-8-23-10-14(16(19)20)17-15(18)13-9-12(24(3,21)22)7-6-11(13)5-2/h4,6-7,9,14H,1,5,8,10H2,2-3H3,(H,17,18)(H,19,20). The van der Waals surface area contributed by atoms with E-state index in [-0.39, 0.29) is 23.7 Å². The summed E-state index contributed by atoms with van der Waals surface area (Å²) in [6.45, 7) is 5.20. The molecule has 0 saturated carbocycles. The molecule has 0 saturated heterocycles. The Morgan fingerprint density at radius 2 is 2.08 bits per heavy atom. The Kier molecular flexibility index (Phi) is 7.12. The number of amides is 1. The van der Waals surface area contributed by atoms with E-state index in [0.29, 0.717) is 12.0 Å². The molecule has 1 atom stereocenters. The van der Waals surface area contributed by atoms with Crippen LogP contribution >= 0.6 is 0 Å². The van der Waals surface area contributed by atoms with Gasteiger partial charge in [-0.1, -0.05) is 19.1 Å². The minimum absolute atomic E-state index is 0.000340. The largest absolute Gasteiger partial charge is 0.480 e. The summed E-state index contributed by atoms with van der Waals surface area (Å²) in [6.07, 6.45) is 3.00. The number of nitrogens with one attached hydrogen (secondary N) is 1. The van der Waals surface area contributed by atoms with E-state index in [9.17, 15) is 18.0 Å². The average molecular weight is 355 g/mol. The summed E-state index contributed by atoms with van der Waals surface area (Å²) in [5.74, 6) is -1.91. The lowest BCUT2D eigenvalue weighted by molar-refractivity contribution is -0.140. The molecule has 2 N–H and O–H groups in total. The van der Waals surface area contributed by atoms with Crippen molar-refractivity contribution in [2.45, 2.75) is 24.3 Å². The van der Waals surface area contributed by atoms with Crippen molar-refractivity contribution in [2.24, 2.45) is 0 Å². The Morgan fingerprint density at radius 1 is 1.42 bits per heavy atom. The van der Waals surface area contributed by atoms with E-state index in [1.807, 2.05) is 6.92 Å². The van der Waals surface area contributed by atoms with Crippen LogP contribution in [0.2, 0.25) is 0 Å². The number of rotatable bonds is 9. The Labute approximate surface area is 141 Å². The van der Waals surface area contributed by atoms with Crippen LogP contribution < -0.4 is 5.32 Å². The van der Waals surface area contributed by atoms with Crippen LogP contribution in [0.1, 0.15) is 22.8 Å². The van der Waals surface area contributed by atoms with Gasteiger partial charge in [0.25, 0.3) is 5.91 Å². The molecule has 1 aromatic carbocycles. The maximum Gasteiger partial charge on any atom is 0.328 e. The van der Waals surface area contributed by atoms with Gasteiger partial charge in [0, 0.05) is 11.8 Å². The van der Waals surface area contributed by atoms with Gasteiger partial charge in [0.1, 0.15) is 0 Å². The predicted molar refractivity (Wildman–Crippen MR) is 88.8 cm³/mol. The van der Waals surface area contributed by atoms with Crippen LogP contribution in [0.25, 0.3) is 0 Å². The van der Waals surface area contributed by atoms with Crippen molar-refractivity contribution in [1.82, 2.24) is 5.32 Å². The van der Waals surface area contributed by atoms with Crippen LogP contribution in [0.3, 0.4) is 0 Å². The SMILES string of the molecule is C=CCOCC(NC(=O)c1cc(S(C)(=O)=O)ccc1CC)C(=O)O. The van der Waals surface area contributed by atoms with E-state index >= 15 is 0 Å². The molecule has 8 heteroatoms. The first-order valence-corrected chi connectivity index (χ1v) is 9.15. The van der Waals surface area contributed by atoms with Gasteiger partial charge in [-0.15, -0.1) is 6.58 Å². The topological polar surface area (TPSA) is 110 Å². The first-order chi connectivity index (χ1) is 11.2. The fourth-order valence-electron chi connectivity index (χ4n) is 1.99. The monoisotopic (exact) mass is 355 g/mol. The van der Waals surface area contributed by atoms with Crippen molar-refractivity contribution < 1.29 is 27.9 Å². The number of carboxylic acid groups (broad SMARTS) is 1. The highest BCUT2D eigenvalue weighted by Crippen LogP contribution is 2.17. The minimum Gasteiger partial charge on any atom is -0.480 e. The summed E-state index contributed by atoms with van der Waals surface area (Å²) in [4.78, 5) is 23.6. The summed E-state index contributed by atoms with van der Waals surface area (Å²) in [7, 11) is -3.48. The number of aryl methyl sites for hydroxylation is 1. The van der Waals surface area contributed by atoms with Gasteiger partial charge in [-0.2, -0.15) is 0 Å². The summed E-state index contributed by atoms with van der Waals surface area (Å²) < 4.78 is 28.4. The number of sulfone groups is 1. The van der Waals surface area contributed by atoms with Crippen LogP contribution in [0.4, 0.5) is 0 Å². The van der Waals surface area contributed by atoms with Gasteiger partial charge in [-0.3, -0.25) is 4.79 Å². The number of aliphatic carboxylic acids is 1. The van der Waals surface area contributed by atoms with Crippen molar-refractivity contribution >= 4 is 21.7 Å². The number of benzene rings is 1. The number of ether oxygens (including phenoxy) is 1. The van der Waals surface area contributed by atoms with E-state index in [1.165, 1.54) is 18.2 Å². The van der Waals surface area contributed by atoms with E-state index in [0.717, 1.165) is 6.26 Å². The molecule has 0 aliphatic carbocycles. The van der Waals surface area contributed by atoms with E-state index in [1.54, 1.807) is 6.07 Å². The summed E-state index contributed by atoms with van der Waals surface area (Å²) >= 11 is 0. The van der Waals surface area contributed by atoms with E-state index in [2.05, 4.69) is 11.9 Å². The molecule has 0 aliphatic heterocycles. The molecule has 1 rings (SSSR count). The molecular formula is C16H21NO6S. The minimum atomic E-state index is -3.48. The third kappa shape index (κ3) is 5.47. The third-order valence-corrected chi connectivity index (χ3v) is 4.37. The third-order valence-electron chi connectivity index (χ3n) is 3.26. The normalized spacial score (nSPS) is 12.4. The van der Waals surface area contributed by atoms with E-state index < -0.39 is 27.8 Å². The number of hydrogen-bond donors (Lipinski definition) is 2. The summed E-state index contributed by atoms with van der Waals surface area (Å²) in [6, 6.07) is 2.99. The van der Waals surface area contributed by atoms with Crippen molar-refractivity contribution in [3.63, 3.8) is 0 Å². The molecule has 0 bridgehead atoms. The first kappa shape index (κ1) is 19.9. The molecule has 0 aromatic heterocycles. The van der Waals surface area contributed by atoms with Crippen molar-refractivity contribution in [2.75, 3.05) is 19.5 Å². The maximum atomic E-state index is 12.4. The maximum absolute atomic E-state index is 12.4. The van der Waals surface area contributed by atoms with Crippen LogP contribution in [-0.2, 0) is 25.8 Å². The summed E-state index contributed by atoms with van der Waals surface area (Å²) in [5, 5.41) is 11.5. The predicted octanol–water partition coefficient (Wildman–Crippen LogP) is 1.04. The van der Waals surface area contributed by atoms with Crippen molar-refractivity contribution in [3.8, 4) is 0 Å². The van der Waals surface area contributed by atoms with Crippen LogP contribution in [0, 0.1) is 0 Å². The molecule has 24 heavy (non-hydrogen) atoms. The lowest BCUT2D eigenvalue weighted by Crippen LogP contribution is -2.44. The molecule has 0 spiro atoms.